The average Bonchev–Trinajstić information content (AvgIpc) is 3.09. The first-order valence-electron chi connectivity index (χ1n) is 9.47. The Hall–Kier alpha value is -3.45. The Kier molecular flexibility index (Phi) is 5.13. The lowest BCUT2D eigenvalue weighted by molar-refractivity contribution is -0.119. The third-order valence-corrected chi connectivity index (χ3v) is 5.22. The predicted molar refractivity (Wildman–Crippen MR) is 117 cm³/mol. The lowest BCUT2D eigenvalue weighted by Crippen LogP contribution is -2.34. The molecule has 0 fully saturated rings. The van der Waals surface area contributed by atoms with Crippen LogP contribution in [0.4, 0.5) is 5.69 Å². The number of nitrogens with zero attached hydrogens (tertiary/aromatic N) is 4. The normalized spacial score (nSPS) is 12.1. The number of hydrogen-bond donors (Lipinski definition) is 1. The van der Waals surface area contributed by atoms with Gasteiger partial charge in [0, 0.05) is 10.7 Å². The second-order valence-corrected chi connectivity index (χ2v) is 7.50. The summed E-state index contributed by atoms with van der Waals surface area (Å²) in [6, 6.07) is 15.6. The number of aromatic nitrogens is 4. The van der Waals surface area contributed by atoms with Gasteiger partial charge in [-0.3, -0.25) is 9.59 Å². The molecule has 1 N–H and O–H groups in total. The van der Waals surface area contributed by atoms with Gasteiger partial charge in [-0.05, 0) is 51.1 Å². The van der Waals surface area contributed by atoms with Gasteiger partial charge in [-0.15, -0.1) is 0 Å². The van der Waals surface area contributed by atoms with Gasteiger partial charge in [-0.1, -0.05) is 35.9 Å². The van der Waals surface area contributed by atoms with Gasteiger partial charge in [0.2, 0.25) is 5.91 Å². The van der Waals surface area contributed by atoms with Crippen LogP contribution in [0.15, 0.2) is 59.4 Å². The zero-order chi connectivity index (χ0) is 21.4. The number of fused-ring (bicyclic) bond motifs is 1. The SMILES string of the molecule is Cc1nn(C(C)C(=O)Nc2cccc(Cl)c2)c(=O)c2nn(-c3ccccc3)c(C)c12. The Labute approximate surface area is 177 Å². The maximum Gasteiger partial charge on any atom is 0.295 e. The summed E-state index contributed by atoms with van der Waals surface area (Å²) in [5.41, 5.74) is 2.72. The van der Waals surface area contributed by atoms with Gasteiger partial charge in [-0.25, -0.2) is 9.36 Å². The molecule has 0 bridgehead atoms. The Morgan fingerprint density at radius 3 is 2.50 bits per heavy atom. The molecule has 0 saturated heterocycles. The summed E-state index contributed by atoms with van der Waals surface area (Å²) in [4.78, 5) is 25.9. The summed E-state index contributed by atoms with van der Waals surface area (Å²) >= 11 is 5.97. The van der Waals surface area contributed by atoms with Crippen LogP contribution in [0.3, 0.4) is 0 Å². The van der Waals surface area contributed by atoms with Crippen LogP contribution in [-0.4, -0.2) is 25.5 Å². The van der Waals surface area contributed by atoms with Crippen molar-refractivity contribution in [2.75, 3.05) is 5.32 Å². The van der Waals surface area contributed by atoms with Crippen molar-refractivity contribution in [1.82, 2.24) is 19.6 Å². The third-order valence-electron chi connectivity index (χ3n) is 4.99. The summed E-state index contributed by atoms with van der Waals surface area (Å²) in [7, 11) is 0. The molecular weight excluding hydrogens is 402 g/mol. The molecule has 4 rings (SSSR count). The molecule has 152 valence electrons. The van der Waals surface area contributed by atoms with Crippen molar-refractivity contribution in [2.24, 2.45) is 0 Å². The van der Waals surface area contributed by atoms with Crippen molar-refractivity contribution >= 4 is 34.1 Å². The number of carbonyl (C=O) groups is 1. The largest absolute Gasteiger partial charge is 0.324 e. The highest BCUT2D eigenvalue weighted by Crippen LogP contribution is 2.22. The number of amides is 1. The van der Waals surface area contributed by atoms with Gasteiger partial charge in [0.1, 0.15) is 6.04 Å². The smallest absolute Gasteiger partial charge is 0.295 e. The van der Waals surface area contributed by atoms with Crippen LogP contribution >= 0.6 is 11.6 Å². The minimum absolute atomic E-state index is 0.284. The molecule has 0 radical (unpaired) electrons. The number of para-hydroxylation sites is 1. The molecule has 1 atom stereocenters. The highest BCUT2D eigenvalue weighted by Gasteiger charge is 2.23. The fraction of sp³-hybridized carbons (Fsp3) is 0.182. The minimum atomic E-state index is -0.832. The predicted octanol–water partition coefficient (Wildman–Crippen LogP) is 4.05. The fourth-order valence-electron chi connectivity index (χ4n) is 3.46. The molecule has 0 aliphatic carbocycles. The zero-order valence-electron chi connectivity index (χ0n) is 16.8. The van der Waals surface area contributed by atoms with E-state index in [1.165, 1.54) is 4.68 Å². The molecule has 0 spiro atoms. The van der Waals surface area contributed by atoms with Crippen LogP contribution < -0.4 is 10.9 Å². The van der Waals surface area contributed by atoms with E-state index in [1.54, 1.807) is 35.9 Å². The second-order valence-electron chi connectivity index (χ2n) is 7.07. The van der Waals surface area contributed by atoms with E-state index in [1.807, 2.05) is 44.2 Å². The average molecular weight is 422 g/mol. The molecule has 30 heavy (non-hydrogen) atoms. The molecular formula is C22H20ClN5O2. The molecule has 4 aromatic rings. The molecule has 7 nitrogen and oxygen atoms in total. The Bertz CT molecular complexity index is 1310. The fourth-order valence-corrected chi connectivity index (χ4v) is 3.65. The van der Waals surface area contributed by atoms with Gasteiger partial charge < -0.3 is 5.32 Å². The molecule has 0 aliphatic heterocycles. The molecule has 1 unspecified atom stereocenters. The van der Waals surface area contributed by atoms with Gasteiger partial charge in [0.25, 0.3) is 5.56 Å². The Morgan fingerprint density at radius 2 is 1.80 bits per heavy atom. The number of nitrogens with one attached hydrogen (secondary N) is 1. The highest BCUT2D eigenvalue weighted by atomic mass is 35.5. The van der Waals surface area contributed by atoms with Gasteiger partial charge >= 0.3 is 0 Å². The maximum absolute atomic E-state index is 13.2. The number of hydrogen-bond acceptors (Lipinski definition) is 4. The molecule has 1 amide bonds. The summed E-state index contributed by atoms with van der Waals surface area (Å²) in [5, 5.41) is 12.9. The zero-order valence-corrected chi connectivity index (χ0v) is 17.5. The first-order valence-corrected chi connectivity index (χ1v) is 9.85. The Balaban J connectivity index is 1.76. The number of rotatable bonds is 4. The van der Waals surface area contributed by atoms with Crippen molar-refractivity contribution in [2.45, 2.75) is 26.8 Å². The van der Waals surface area contributed by atoms with Gasteiger partial charge in [0.05, 0.1) is 22.5 Å². The first kappa shape index (κ1) is 19.8. The van der Waals surface area contributed by atoms with Crippen molar-refractivity contribution in [3.63, 3.8) is 0 Å². The van der Waals surface area contributed by atoms with E-state index in [4.69, 9.17) is 11.6 Å². The molecule has 2 heterocycles. The third kappa shape index (κ3) is 3.48. The van der Waals surface area contributed by atoms with E-state index >= 15 is 0 Å². The van der Waals surface area contributed by atoms with Crippen LogP contribution in [0.5, 0.6) is 0 Å². The number of halogens is 1. The van der Waals surface area contributed by atoms with E-state index in [9.17, 15) is 9.59 Å². The highest BCUT2D eigenvalue weighted by molar-refractivity contribution is 6.30. The van der Waals surface area contributed by atoms with E-state index in [0.717, 1.165) is 11.4 Å². The molecule has 2 aromatic heterocycles. The van der Waals surface area contributed by atoms with Crippen LogP contribution in [0.2, 0.25) is 5.02 Å². The van der Waals surface area contributed by atoms with E-state index < -0.39 is 11.6 Å². The number of anilines is 1. The topological polar surface area (TPSA) is 81.8 Å². The van der Waals surface area contributed by atoms with Crippen LogP contribution in [-0.2, 0) is 4.79 Å². The second kappa shape index (κ2) is 7.76. The number of carbonyl (C=O) groups excluding carboxylic acids is 1. The lowest BCUT2D eigenvalue weighted by Gasteiger charge is -2.15. The van der Waals surface area contributed by atoms with Crippen molar-refractivity contribution in [1.29, 1.82) is 0 Å². The molecule has 0 aliphatic rings. The monoisotopic (exact) mass is 421 g/mol. The summed E-state index contributed by atoms with van der Waals surface area (Å²) in [6.07, 6.45) is 0. The van der Waals surface area contributed by atoms with Crippen LogP contribution in [0, 0.1) is 13.8 Å². The van der Waals surface area contributed by atoms with Crippen molar-refractivity contribution in [3.05, 3.63) is 81.4 Å². The van der Waals surface area contributed by atoms with Crippen molar-refractivity contribution < 1.29 is 4.79 Å². The summed E-state index contributed by atoms with van der Waals surface area (Å²) in [5.74, 6) is -0.371. The maximum atomic E-state index is 13.2. The minimum Gasteiger partial charge on any atom is -0.324 e. The lowest BCUT2D eigenvalue weighted by atomic mass is 10.2. The molecule has 8 heteroatoms. The standard InChI is InChI=1S/C22H20ClN5O2/c1-13-19-14(2)27(18-10-5-4-6-11-18)26-20(19)22(30)28(25-13)15(3)21(29)24-17-9-7-8-16(23)12-17/h4-12,15H,1-3H3,(H,24,29). The van der Waals surface area contributed by atoms with Crippen molar-refractivity contribution in [3.8, 4) is 5.69 Å². The van der Waals surface area contributed by atoms with Crippen LogP contribution in [0.1, 0.15) is 24.4 Å². The summed E-state index contributed by atoms with van der Waals surface area (Å²) in [6.45, 7) is 5.33. The van der Waals surface area contributed by atoms with Gasteiger partial charge in [-0.2, -0.15) is 10.2 Å². The quantitative estimate of drug-likeness (QED) is 0.539. The Morgan fingerprint density at radius 1 is 1.07 bits per heavy atom. The number of aryl methyl sites for hydroxylation is 2. The molecule has 0 saturated carbocycles. The van der Waals surface area contributed by atoms with E-state index in [-0.39, 0.29) is 11.4 Å². The first-order chi connectivity index (χ1) is 14.4. The van der Waals surface area contributed by atoms with E-state index in [0.29, 0.717) is 21.8 Å². The summed E-state index contributed by atoms with van der Waals surface area (Å²) < 4.78 is 2.90. The van der Waals surface area contributed by atoms with Crippen LogP contribution in [0.25, 0.3) is 16.6 Å². The molecule has 2 aromatic carbocycles. The van der Waals surface area contributed by atoms with E-state index in [2.05, 4.69) is 15.5 Å². The number of benzene rings is 2. The van der Waals surface area contributed by atoms with Gasteiger partial charge in [0.15, 0.2) is 5.52 Å².